The highest BCUT2D eigenvalue weighted by Crippen LogP contribution is 2.37. The van der Waals surface area contributed by atoms with Gasteiger partial charge in [0.25, 0.3) is 0 Å². The maximum Gasteiger partial charge on any atom is 0.500 e. The molecule has 0 radical (unpaired) electrons. The molecule has 1 rings (SSSR count). The van der Waals surface area contributed by atoms with Crippen LogP contribution in [0.4, 0.5) is 0 Å². The Morgan fingerprint density at radius 3 is 2.21 bits per heavy atom. The molecule has 1 heterocycles. The molecule has 4 nitrogen and oxygen atoms in total. The zero-order valence-electron chi connectivity index (χ0n) is 13.4. The normalized spacial score (nSPS) is 27.5. The smallest absolute Gasteiger partial charge is 0.412 e. The summed E-state index contributed by atoms with van der Waals surface area (Å²) in [6.07, 6.45) is 4.57. The van der Waals surface area contributed by atoms with Gasteiger partial charge in [0, 0.05) is 27.4 Å². The first-order chi connectivity index (χ1) is 8.80. The van der Waals surface area contributed by atoms with Crippen LogP contribution in [0.3, 0.4) is 0 Å². The van der Waals surface area contributed by atoms with Crippen LogP contribution in [0.25, 0.3) is 0 Å². The van der Waals surface area contributed by atoms with Crippen molar-refractivity contribution in [2.24, 2.45) is 0 Å². The quantitative estimate of drug-likeness (QED) is 0.675. The van der Waals surface area contributed by atoms with Gasteiger partial charge in [-0.1, -0.05) is 6.42 Å². The molecule has 0 spiro atoms. The van der Waals surface area contributed by atoms with Gasteiger partial charge in [-0.15, -0.1) is 0 Å². The van der Waals surface area contributed by atoms with Gasteiger partial charge < -0.3 is 17.7 Å². The minimum Gasteiger partial charge on any atom is -0.412 e. The van der Waals surface area contributed by atoms with Gasteiger partial charge in [0.15, 0.2) is 8.32 Å². The molecule has 1 fully saturated rings. The standard InChI is InChI=1S/C13H30O4Si2/c1-13(9-7-11-18(5,6)17-13)10-8-12-19(14-2,15-3)16-4/h7-12H2,1-6H3. The molecule has 0 aromatic rings. The lowest BCUT2D eigenvalue weighted by molar-refractivity contribution is 0.0416. The van der Waals surface area contributed by atoms with E-state index in [1.807, 2.05) is 0 Å². The lowest BCUT2D eigenvalue weighted by atomic mass is 9.95. The van der Waals surface area contributed by atoms with Crippen LogP contribution in [0.1, 0.15) is 32.6 Å². The summed E-state index contributed by atoms with van der Waals surface area (Å²) in [6, 6.07) is 2.15. The van der Waals surface area contributed by atoms with Crippen LogP contribution in [-0.4, -0.2) is 44.1 Å². The average Bonchev–Trinajstić information content (AvgIpc) is 2.33. The first-order valence-corrected chi connectivity index (χ1v) is 12.2. The first kappa shape index (κ1) is 17.3. The molecule has 0 N–H and O–H groups in total. The molecule has 1 aliphatic heterocycles. The summed E-state index contributed by atoms with van der Waals surface area (Å²) in [4.78, 5) is 0. The number of hydrogen-bond acceptors (Lipinski definition) is 4. The van der Waals surface area contributed by atoms with Crippen LogP contribution < -0.4 is 0 Å². The topological polar surface area (TPSA) is 36.9 Å². The molecule has 0 aliphatic carbocycles. The van der Waals surface area contributed by atoms with Crippen molar-refractivity contribution in [3.8, 4) is 0 Å². The third kappa shape index (κ3) is 4.95. The lowest BCUT2D eigenvalue weighted by Gasteiger charge is -2.43. The Hall–Kier alpha value is 0.274. The molecule has 1 saturated heterocycles. The van der Waals surface area contributed by atoms with Crippen molar-refractivity contribution < 1.29 is 17.7 Å². The molecule has 6 heteroatoms. The van der Waals surface area contributed by atoms with E-state index in [9.17, 15) is 0 Å². The van der Waals surface area contributed by atoms with Crippen molar-refractivity contribution in [3.05, 3.63) is 0 Å². The monoisotopic (exact) mass is 306 g/mol. The third-order valence-corrected chi connectivity index (χ3v) is 9.56. The first-order valence-electron chi connectivity index (χ1n) is 7.16. The van der Waals surface area contributed by atoms with Crippen LogP contribution in [0.5, 0.6) is 0 Å². The minimum atomic E-state index is -2.41. The molecule has 114 valence electrons. The fourth-order valence-corrected chi connectivity index (χ4v) is 7.46. The van der Waals surface area contributed by atoms with E-state index in [4.69, 9.17) is 17.7 Å². The van der Waals surface area contributed by atoms with Crippen LogP contribution in [0, 0.1) is 0 Å². The van der Waals surface area contributed by atoms with Gasteiger partial charge in [-0.05, 0) is 45.3 Å². The molecule has 0 aromatic carbocycles. The SMILES string of the molecule is CO[Si](CCCC1(C)CCC[Si](C)(C)O1)(OC)OC. The van der Waals surface area contributed by atoms with E-state index in [-0.39, 0.29) is 5.60 Å². The lowest BCUT2D eigenvalue weighted by Crippen LogP contribution is -2.47. The van der Waals surface area contributed by atoms with Crippen molar-refractivity contribution in [1.29, 1.82) is 0 Å². The summed E-state index contributed by atoms with van der Waals surface area (Å²) in [7, 11) is 1.18. The zero-order chi connectivity index (χ0) is 14.6. The largest absolute Gasteiger partial charge is 0.500 e. The molecule has 0 amide bonds. The third-order valence-electron chi connectivity index (χ3n) is 4.13. The molecular formula is C13H30O4Si2. The fraction of sp³-hybridized carbons (Fsp3) is 1.00. The maximum atomic E-state index is 6.41. The van der Waals surface area contributed by atoms with Crippen molar-refractivity contribution in [2.75, 3.05) is 21.3 Å². The van der Waals surface area contributed by atoms with Crippen molar-refractivity contribution >= 4 is 17.1 Å². The zero-order valence-corrected chi connectivity index (χ0v) is 15.4. The summed E-state index contributed by atoms with van der Waals surface area (Å²) >= 11 is 0. The second kappa shape index (κ2) is 6.82. The minimum absolute atomic E-state index is 0.0450. The van der Waals surface area contributed by atoms with Crippen molar-refractivity contribution in [1.82, 2.24) is 0 Å². The van der Waals surface area contributed by atoms with E-state index in [0.717, 1.165) is 18.9 Å². The van der Waals surface area contributed by atoms with E-state index < -0.39 is 17.1 Å². The average molecular weight is 307 g/mol. The Kier molecular flexibility index (Phi) is 6.22. The van der Waals surface area contributed by atoms with E-state index in [1.165, 1.54) is 18.9 Å². The number of hydrogen-bond donors (Lipinski definition) is 0. The molecule has 0 bridgehead atoms. The predicted molar refractivity (Wildman–Crippen MR) is 81.8 cm³/mol. The molecular weight excluding hydrogens is 276 g/mol. The summed E-state index contributed by atoms with van der Waals surface area (Å²) in [5, 5.41) is 0. The van der Waals surface area contributed by atoms with Gasteiger partial charge in [0.2, 0.25) is 0 Å². The summed E-state index contributed by atoms with van der Waals surface area (Å²) in [6.45, 7) is 6.91. The Labute approximate surface area is 120 Å². The van der Waals surface area contributed by atoms with Crippen LogP contribution >= 0.6 is 0 Å². The van der Waals surface area contributed by atoms with Crippen LogP contribution in [-0.2, 0) is 17.7 Å². The highest BCUT2D eigenvalue weighted by atomic mass is 28.4. The molecule has 1 unspecified atom stereocenters. The fourth-order valence-electron chi connectivity index (χ4n) is 3.07. The number of rotatable bonds is 7. The van der Waals surface area contributed by atoms with Gasteiger partial charge >= 0.3 is 8.80 Å². The molecule has 0 saturated carbocycles. The highest BCUT2D eigenvalue weighted by Gasteiger charge is 2.41. The van der Waals surface area contributed by atoms with Crippen molar-refractivity contribution in [2.45, 2.75) is 63.4 Å². The summed E-state index contributed by atoms with van der Waals surface area (Å²) < 4.78 is 22.8. The Morgan fingerprint density at radius 1 is 1.16 bits per heavy atom. The van der Waals surface area contributed by atoms with E-state index in [1.54, 1.807) is 21.3 Å². The van der Waals surface area contributed by atoms with Gasteiger partial charge in [-0.25, -0.2) is 0 Å². The van der Waals surface area contributed by atoms with Gasteiger partial charge in [0.05, 0.1) is 5.60 Å². The molecule has 1 aliphatic rings. The molecule has 19 heavy (non-hydrogen) atoms. The van der Waals surface area contributed by atoms with Crippen LogP contribution in [0.2, 0.25) is 25.2 Å². The van der Waals surface area contributed by atoms with E-state index in [0.29, 0.717) is 0 Å². The van der Waals surface area contributed by atoms with E-state index in [2.05, 4.69) is 20.0 Å². The predicted octanol–water partition coefficient (Wildman–Crippen LogP) is 3.42. The van der Waals surface area contributed by atoms with Gasteiger partial charge in [-0.3, -0.25) is 0 Å². The van der Waals surface area contributed by atoms with Crippen molar-refractivity contribution in [3.63, 3.8) is 0 Å². The Morgan fingerprint density at radius 2 is 1.74 bits per heavy atom. The molecule has 0 aromatic heterocycles. The summed E-state index contributed by atoms with van der Waals surface area (Å²) in [5.74, 6) is 0. The molecule has 1 atom stereocenters. The van der Waals surface area contributed by atoms with Crippen LogP contribution in [0.15, 0.2) is 0 Å². The maximum absolute atomic E-state index is 6.41. The Balaban J connectivity index is 2.47. The second-order valence-electron chi connectivity index (χ2n) is 6.31. The van der Waals surface area contributed by atoms with Gasteiger partial charge in [-0.2, -0.15) is 0 Å². The Bertz CT molecular complexity index is 274. The second-order valence-corrected chi connectivity index (χ2v) is 13.6. The van der Waals surface area contributed by atoms with Gasteiger partial charge in [0.1, 0.15) is 0 Å². The van der Waals surface area contributed by atoms with E-state index >= 15 is 0 Å². The highest BCUT2D eigenvalue weighted by molar-refractivity contribution is 6.71. The summed E-state index contributed by atoms with van der Waals surface area (Å²) in [5.41, 5.74) is 0.0450.